The zero-order valence-corrected chi connectivity index (χ0v) is 10.7. The SMILES string of the molecule is CC.CCc1cc(O)cc2cccc(Cl)c12. The van der Waals surface area contributed by atoms with Gasteiger partial charge in [-0.1, -0.05) is 44.5 Å². The summed E-state index contributed by atoms with van der Waals surface area (Å²) in [6, 6.07) is 9.23. The second-order valence-electron chi connectivity index (χ2n) is 3.30. The number of phenolic OH excluding ortho intramolecular Hbond substituents is 1. The molecular weight excluding hydrogens is 220 g/mol. The third kappa shape index (κ3) is 2.48. The van der Waals surface area contributed by atoms with Crippen molar-refractivity contribution in [3.63, 3.8) is 0 Å². The zero-order valence-electron chi connectivity index (χ0n) is 9.92. The fraction of sp³-hybridized carbons (Fsp3) is 0.286. The Balaban J connectivity index is 0.000000606. The lowest BCUT2D eigenvalue weighted by Gasteiger charge is -2.07. The molecule has 0 atom stereocenters. The number of phenols is 1. The molecule has 2 aromatic rings. The summed E-state index contributed by atoms with van der Waals surface area (Å²) in [6.07, 6.45) is 0.870. The summed E-state index contributed by atoms with van der Waals surface area (Å²) in [5.74, 6) is 0.302. The molecule has 0 radical (unpaired) electrons. The molecule has 2 aromatic carbocycles. The van der Waals surface area contributed by atoms with Crippen molar-refractivity contribution in [2.24, 2.45) is 0 Å². The van der Waals surface area contributed by atoms with Gasteiger partial charge in [-0.25, -0.2) is 0 Å². The molecule has 0 aromatic heterocycles. The van der Waals surface area contributed by atoms with Gasteiger partial charge in [-0.3, -0.25) is 0 Å². The van der Waals surface area contributed by atoms with Crippen molar-refractivity contribution in [2.75, 3.05) is 0 Å². The van der Waals surface area contributed by atoms with E-state index in [4.69, 9.17) is 11.6 Å². The van der Waals surface area contributed by atoms with Gasteiger partial charge in [0.05, 0.1) is 0 Å². The average Bonchev–Trinajstić information content (AvgIpc) is 2.30. The molecule has 2 rings (SSSR count). The third-order valence-electron chi connectivity index (χ3n) is 2.37. The Bertz CT molecular complexity index is 477. The van der Waals surface area contributed by atoms with Gasteiger partial charge in [0.25, 0.3) is 0 Å². The molecule has 2 heteroatoms. The molecule has 0 aliphatic rings. The average molecular weight is 237 g/mol. The van der Waals surface area contributed by atoms with Gasteiger partial charge in [-0.15, -0.1) is 0 Å². The Morgan fingerprint density at radius 1 is 1.19 bits per heavy atom. The Morgan fingerprint density at radius 3 is 2.50 bits per heavy atom. The van der Waals surface area contributed by atoms with Crippen LogP contribution in [0, 0.1) is 0 Å². The van der Waals surface area contributed by atoms with Crippen LogP contribution >= 0.6 is 11.6 Å². The summed E-state index contributed by atoms with van der Waals surface area (Å²) in [7, 11) is 0. The van der Waals surface area contributed by atoms with Crippen LogP contribution in [0.5, 0.6) is 5.75 Å². The first kappa shape index (κ1) is 12.9. The largest absolute Gasteiger partial charge is 0.508 e. The van der Waals surface area contributed by atoms with Crippen molar-refractivity contribution < 1.29 is 5.11 Å². The summed E-state index contributed by atoms with van der Waals surface area (Å²) < 4.78 is 0. The predicted octanol–water partition coefficient (Wildman–Crippen LogP) is 4.79. The van der Waals surface area contributed by atoms with Crippen molar-refractivity contribution >= 4 is 22.4 Å². The van der Waals surface area contributed by atoms with E-state index in [0.29, 0.717) is 5.75 Å². The molecule has 0 saturated heterocycles. The van der Waals surface area contributed by atoms with E-state index in [-0.39, 0.29) is 0 Å². The van der Waals surface area contributed by atoms with Crippen LogP contribution in [0.25, 0.3) is 10.8 Å². The molecule has 0 aliphatic heterocycles. The van der Waals surface area contributed by atoms with Gasteiger partial charge in [0.2, 0.25) is 0 Å². The van der Waals surface area contributed by atoms with E-state index >= 15 is 0 Å². The Hall–Kier alpha value is -1.21. The van der Waals surface area contributed by atoms with Crippen LogP contribution in [0.2, 0.25) is 5.02 Å². The van der Waals surface area contributed by atoms with E-state index < -0.39 is 0 Å². The standard InChI is InChI=1S/C12H11ClO.C2H6/c1-2-8-6-10(14)7-9-4-3-5-11(13)12(8)9;1-2/h3-7,14H,2H2,1H3;1-2H3. The fourth-order valence-corrected chi connectivity index (χ4v) is 2.03. The van der Waals surface area contributed by atoms with Gasteiger partial charge >= 0.3 is 0 Å². The molecule has 0 amide bonds. The first-order valence-corrected chi connectivity index (χ1v) is 6.00. The molecule has 0 heterocycles. The number of aryl methyl sites for hydroxylation is 1. The fourth-order valence-electron chi connectivity index (χ4n) is 1.73. The number of hydrogen-bond acceptors (Lipinski definition) is 1. The minimum Gasteiger partial charge on any atom is -0.508 e. The van der Waals surface area contributed by atoms with Gasteiger partial charge < -0.3 is 5.11 Å². The smallest absolute Gasteiger partial charge is 0.116 e. The van der Waals surface area contributed by atoms with Crippen LogP contribution in [0.3, 0.4) is 0 Å². The quantitative estimate of drug-likeness (QED) is 0.755. The number of benzene rings is 2. The summed E-state index contributed by atoms with van der Waals surface area (Å²) in [5.41, 5.74) is 1.09. The maximum atomic E-state index is 9.49. The van der Waals surface area contributed by atoms with Crippen molar-refractivity contribution in [3.8, 4) is 5.75 Å². The highest BCUT2D eigenvalue weighted by Crippen LogP contribution is 2.30. The molecule has 0 aliphatic carbocycles. The van der Waals surface area contributed by atoms with Crippen LogP contribution in [-0.2, 0) is 6.42 Å². The Kier molecular flexibility index (Phi) is 4.63. The van der Waals surface area contributed by atoms with Crippen LogP contribution < -0.4 is 0 Å². The minimum atomic E-state index is 0.302. The van der Waals surface area contributed by atoms with E-state index in [2.05, 4.69) is 6.92 Å². The van der Waals surface area contributed by atoms with Crippen molar-refractivity contribution in [2.45, 2.75) is 27.2 Å². The highest BCUT2D eigenvalue weighted by atomic mass is 35.5. The number of aromatic hydroxyl groups is 1. The van der Waals surface area contributed by atoms with E-state index in [0.717, 1.165) is 27.8 Å². The number of rotatable bonds is 1. The molecule has 0 bridgehead atoms. The lowest BCUT2D eigenvalue weighted by Crippen LogP contribution is -1.84. The number of hydrogen-bond donors (Lipinski definition) is 1. The van der Waals surface area contributed by atoms with Crippen molar-refractivity contribution in [1.82, 2.24) is 0 Å². The lowest BCUT2D eigenvalue weighted by atomic mass is 10.0. The first-order chi connectivity index (χ1) is 7.72. The third-order valence-corrected chi connectivity index (χ3v) is 2.69. The van der Waals surface area contributed by atoms with Gasteiger partial charge in [0.1, 0.15) is 5.75 Å². The van der Waals surface area contributed by atoms with Gasteiger partial charge in [-0.05, 0) is 35.6 Å². The molecule has 1 N–H and O–H groups in total. The number of fused-ring (bicyclic) bond motifs is 1. The van der Waals surface area contributed by atoms with Crippen LogP contribution in [0.15, 0.2) is 30.3 Å². The van der Waals surface area contributed by atoms with E-state index in [1.165, 1.54) is 0 Å². The van der Waals surface area contributed by atoms with E-state index in [1.807, 2.05) is 32.0 Å². The normalized spacial score (nSPS) is 9.75. The minimum absolute atomic E-state index is 0.302. The predicted molar refractivity (Wildman–Crippen MR) is 71.3 cm³/mol. The van der Waals surface area contributed by atoms with Crippen LogP contribution in [-0.4, -0.2) is 5.11 Å². The summed E-state index contributed by atoms with van der Waals surface area (Å²) >= 11 is 6.11. The van der Waals surface area contributed by atoms with Crippen molar-refractivity contribution in [1.29, 1.82) is 0 Å². The first-order valence-electron chi connectivity index (χ1n) is 5.62. The Morgan fingerprint density at radius 2 is 1.88 bits per heavy atom. The maximum Gasteiger partial charge on any atom is 0.116 e. The molecule has 0 saturated carbocycles. The van der Waals surface area contributed by atoms with Crippen LogP contribution in [0.1, 0.15) is 26.3 Å². The monoisotopic (exact) mass is 236 g/mol. The summed E-state index contributed by atoms with van der Waals surface area (Å²) in [4.78, 5) is 0. The molecule has 16 heavy (non-hydrogen) atoms. The highest BCUT2D eigenvalue weighted by Gasteiger charge is 2.05. The molecule has 1 nitrogen and oxygen atoms in total. The zero-order chi connectivity index (χ0) is 12.1. The number of halogens is 1. The molecular formula is C14H17ClO. The van der Waals surface area contributed by atoms with Gasteiger partial charge in [0, 0.05) is 10.4 Å². The van der Waals surface area contributed by atoms with Crippen LogP contribution in [0.4, 0.5) is 0 Å². The molecule has 0 fully saturated rings. The molecule has 0 spiro atoms. The lowest BCUT2D eigenvalue weighted by molar-refractivity contribution is 0.475. The maximum absolute atomic E-state index is 9.49. The van der Waals surface area contributed by atoms with Gasteiger partial charge in [-0.2, -0.15) is 0 Å². The molecule has 0 unspecified atom stereocenters. The van der Waals surface area contributed by atoms with Gasteiger partial charge in [0.15, 0.2) is 0 Å². The van der Waals surface area contributed by atoms with Crippen molar-refractivity contribution in [3.05, 3.63) is 40.9 Å². The molecule has 86 valence electrons. The second kappa shape index (κ2) is 5.76. The van der Waals surface area contributed by atoms with E-state index in [1.54, 1.807) is 12.1 Å². The second-order valence-corrected chi connectivity index (χ2v) is 3.70. The highest BCUT2D eigenvalue weighted by molar-refractivity contribution is 6.35. The topological polar surface area (TPSA) is 20.2 Å². The van der Waals surface area contributed by atoms with E-state index in [9.17, 15) is 5.11 Å². The summed E-state index contributed by atoms with van der Waals surface area (Å²) in [5, 5.41) is 12.3. The summed E-state index contributed by atoms with van der Waals surface area (Å²) in [6.45, 7) is 6.05. The Labute approximate surface area is 102 Å².